The molecule has 0 amide bonds. The van der Waals surface area contributed by atoms with Crippen LogP contribution in [0, 0.1) is 11.8 Å². The molecule has 1 aliphatic heterocycles. The third-order valence-electron chi connectivity index (χ3n) is 7.78. The van der Waals surface area contributed by atoms with E-state index in [1.807, 2.05) is 0 Å². The summed E-state index contributed by atoms with van der Waals surface area (Å²) in [4.78, 5) is 5.38. The first-order chi connectivity index (χ1) is 18.8. The minimum absolute atomic E-state index is 0.0463. The number of rotatable bonds is 9. The van der Waals surface area contributed by atoms with Gasteiger partial charge in [-0.05, 0) is 71.2 Å². The lowest BCUT2D eigenvalue weighted by Crippen LogP contribution is -2.15. The molecule has 0 fully saturated rings. The van der Waals surface area contributed by atoms with Crippen LogP contribution in [0.5, 0.6) is 0 Å². The van der Waals surface area contributed by atoms with Gasteiger partial charge in [-0.25, -0.2) is 0 Å². The average molecular weight is 520 g/mol. The third-order valence-corrected chi connectivity index (χ3v) is 7.78. The predicted molar refractivity (Wildman–Crippen MR) is 168 cm³/mol. The highest BCUT2D eigenvalue weighted by Crippen LogP contribution is 2.40. The molecule has 0 bridgehead atoms. The van der Waals surface area contributed by atoms with Crippen molar-refractivity contribution in [2.24, 2.45) is 17.6 Å². The molecule has 0 radical (unpaired) electrons. The Hall–Kier alpha value is -3.59. The quantitative estimate of drug-likeness (QED) is 0.277. The fraction of sp³-hybridized carbons (Fsp3) is 0.361. The standard InChI is InChI=1S/C36H45N3/c1-24(2)28(23-37)14-10-18-30(26(5)6)35(31-17-8-7-16-29(31)25(3)4)34-21-11-20-33(39-34)32-19-9-13-27-15-12-22-38-36(27)32/h7-11,13-14,16-21,23-26,35,38H,12,15,22,37H2,1-6H3/b14-10-,28-23-,30-18-. The highest BCUT2D eigenvalue weighted by molar-refractivity contribution is 5.79. The van der Waals surface area contributed by atoms with Crippen LogP contribution in [0.25, 0.3) is 11.3 Å². The Morgan fingerprint density at radius 3 is 2.31 bits per heavy atom. The number of anilines is 1. The molecule has 0 saturated heterocycles. The Bertz CT molecular complexity index is 1360. The summed E-state index contributed by atoms with van der Waals surface area (Å²) >= 11 is 0. The Labute approximate surface area is 236 Å². The van der Waals surface area contributed by atoms with E-state index in [0.29, 0.717) is 17.8 Å². The minimum atomic E-state index is 0.0463. The average Bonchev–Trinajstić information content (AvgIpc) is 2.94. The van der Waals surface area contributed by atoms with Crippen molar-refractivity contribution in [3.8, 4) is 11.3 Å². The van der Waals surface area contributed by atoms with Gasteiger partial charge in [0.15, 0.2) is 0 Å². The molecule has 1 aromatic heterocycles. The monoisotopic (exact) mass is 519 g/mol. The zero-order valence-corrected chi connectivity index (χ0v) is 24.5. The Kier molecular flexibility index (Phi) is 9.45. The molecule has 1 unspecified atom stereocenters. The van der Waals surface area contributed by atoms with Crippen molar-refractivity contribution < 1.29 is 0 Å². The zero-order chi connectivity index (χ0) is 27.9. The number of benzene rings is 2. The molecule has 1 atom stereocenters. The van der Waals surface area contributed by atoms with Crippen LogP contribution < -0.4 is 11.1 Å². The number of aromatic nitrogens is 1. The van der Waals surface area contributed by atoms with Gasteiger partial charge in [-0.1, -0.05) is 114 Å². The van der Waals surface area contributed by atoms with Crippen LogP contribution in [-0.4, -0.2) is 11.5 Å². The highest BCUT2D eigenvalue weighted by Gasteiger charge is 2.26. The number of para-hydroxylation sites is 1. The summed E-state index contributed by atoms with van der Waals surface area (Å²) in [6, 6.07) is 22.0. The molecule has 204 valence electrons. The molecular weight excluding hydrogens is 474 g/mol. The number of nitrogens with zero attached hydrogens (tertiary/aromatic N) is 1. The maximum atomic E-state index is 5.92. The van der Waals surface area contributed by atoms with Gasteiger partial charge in [0, 0.05) is 23.7 Å². The summed E-state index contributed by atoms with van der Waals surface area (Å²) < 4.78 is 0. The summed E-state index contributed by atoms with van der Waals surface area (Å²) in [5.74, 6) is 1.17. The molecule has 3 heteroatoms. The van der Waals surface area contributed by atoms with Gasteiger partial charge in [0.25, 0.3) is 0 Å². The number of allylic oxidation sites excluding steroid dienone is 5. The second kappa shape index (κ2) is 13.0. The second-order valence-corrected chi connectivity index (χ2v) is 11.5. The van der Waals surface area contributed by atoms with Crippen LogP contribution in [0.2, 0.25) is 0 Å². The minimum Gasteiger partial charge on any atom is -0.404 e. The van der Waals surface area contributed by atoms with Crippen molar-refractivity contribution in [2.75, 3.05) is 11.9 Å². The van der Waals surface area contributed by atoms with Crippen molar-refractivity contribution in [3.63, 3.8) is 0 Å². The van der Waals surface area contributed by atoms with E-state index >= 15 is 0 Å². The van der Waals surface area contributed by atoms with E-state index < -0.39 is 0 Å². The predicted octanol–water partition coefficient (Wildman–Crippen LogP) is 9.00. The van der Waals surface area contributed by atoms with Crippen LogP contribution in [0.15, 0.2) is 96.2 Å². The number of nitrogens with two attached hydrogens (primary N) is 1. The summed E-state index contributed by atoms with van der Waals surface area (Å²) in [5.41, 5.74) is 17.0. The van der Waals surface area contributed by atoms with E-state index in [4.69, 9.17) is 10.7 Å². The van der Waals surface area contributed by atoms with Gasteiger partial charge in [0.1, 0.15) is 0 Å². The Morgan fingerprint density at radius 1 is 0.872 bits per heavy atom. The smallest absolute Gasteiger partial charge is 0.0726 e. The number of nitrogens with one attached hydrogen (secondary N) is 1. The first-order valence-electron chi connectivity index (χ1n) is 14.5. The fourth-order valence-electron chi connectivity index (χ4n) is 5.63. The molecule has 0 spiro atoms. The lowest BCUT2D eigenvalue weighted by molar-refractivity contribution is 0.682. The second-order valence-electron chi connectivity index (χ2n) is 11.5. The van der Waals surface area contributed by atoms with Crippen LogP contribution in [0.1, 0.15) is 82.2 Å². The Balaban J connectivity index is 1.89. The van der Waals surface area contributed by atoms with E-state index in [2.05, 4.69) is 126 Å². The Morgan fingerprint density at radius 2 is 1.62 bits per heavy atom. The lowest BCUT2D eigenvalue weighted by atomic mass is 9.78. The summed E-state index contributed by atoms with van der Waals surface area (Å²) in [6.45, 7) is 14.5. The molecule has 3 N–H and O–H groups in total. The van der Waals surface area contributed by atoms with E-state index in [1.54, 1.807) is 6.20 Å². The van der Waals surface area contributed by atoms with Crippen LogP contribution in [0.4, 0.5) is 5.69 Å². The molecule has 4 rings (SSSR count). The third kappa shape index (κ3) is 6.53. The highest BCUT2D eigenvalue weighted by atomic mass is 14.9. The molecule has 1 aliphatic rings. The van der Waals surface area contributed by atoms with E-state index in [9.17, 15) is 0 Å². The van der Waals surface area contributed by atoms with Gasteiger partial charge < -0.3 is 11.1 Å². The molecular formula is C36H45N3. The molecule has 2 heterocycles. The zero-order valence-electron chi connectivity index (χ0n) is 24.5. The summed E-state index contributed by atoms with van der Waals surface area (Å²) in [6.07, 6.45) is 10.6. The van der Waals surface area contributed by atoms with Gasteiger partial charge in [-0.3, -0.25) is 4.98 Å². The van der Waals surface area contributed by atoms with Gasteiger partial charge >= 0.3 is 0 Å². The van der Waals surface area contributed by atoms with Crippen molar-refractivity contribution in [2.45, 2.75) is 66.2 Å². The molecule has 39 heavy (non-hydrogen) atoms. The van der Waals surface area contributed by atoms with Gasteiger partial charge in [-0.2, -0.15) is 0 Å². The molecule has 3 nitrogen and oxygen atoms in total. The largest absolute Gasteiger partial charge is 0.404 e. The maximum absolute atomic E-state index is 5.92. The van der Waals surface area contributed by atoms with Crippen LogP contribution in [-0.2, 0) is 6.42 Å². The van der Waals surface area contributed by atoms with E-state index in [-0.39, 0.29) is 5.92 Å². The maximum Gasteiger partial charge on any atom is 0.0726 e. The van der Waals surface area contributed by atoms with Gasteiger partial charge in [0.2, 0.25) is 0 Å². The number of aryl methyl sites for hydroxylation is 1. The molecule has 2 aromatic carbocycles. The molecule has 3 aromatic rings. The van der Waals surface area contributed by atoms with Crippen LogP contribution in [0.3, 0.4) is 0 Å². The van der Waals surface area contributed by atoms with Gasteiger partial charge in [0.05, 0.1) is 11.4 Å². The fourth-order valence-corrected chi connectivity index (χ4v) is 5.63. The number of hydrogen-bond donors (Lipinski definition) is 2. The first kappa shape index (κ1) is 28.4. The van der Waals surface area contributed by atoms with Crippen LogP contribution >= 0.6 is 0 Å². The van der Waals surface area contributed by atoms with E-state index in [0.717, 1.165) is 29.9 Å². The molecule has 0 aliphatic carbocycles. The van der Waals surface area contributed by atoms with Crippen molar-refractivity contribution in [1.82, 2.24) is 4.98 Å². The van der Waals surface area contributed by atoms with E-state index in [1.165, 1.54) is 39.9 Å². The summed E-state index contributed by atoms with van der Waals surface area (Å²) in [7, 11) is 0. The van der Waals surface area contributed by atoms with Gasteiger partial charge in [-0.15, -0.1) is 0 Å². The summed E-state index contributed by atoms with van der Waals surface area (Å²) in [5, 5.41) is 3.65. The SMILES string of the molecule is CC(C)/C(=C/C=C\C(=C\N)C(C)C)C(c1cccc(-c2cccc3c2NCCC3)n1)c1ccccc1C(C)C. The van der Waals surface area contributed by atoms with Crippen molar-refractivity contribution in [3.05, 3.63) is 119 Å². The van der Waals surface area contributed by atoms with Crippen molar-refractivity contribution in [1.29, 1.82) is 0 Å². The number of hydrogen-bond acceptors (Lipinski definition) is 3. The number of fused-ring (bicyclic) bond motifs is 1. The lowest BCUT2D eigenvalue weighted by Gasteiger charge is -2.27. The normalized spacial score (nSPS) is 15.2. The number of pyridine rings is 1. The topological polar surface area (TPSA) is 50.9 Å². The first-order valence-corrected chi connectivity index (χ1v) is 14.5. The molecule has 0 saturated carbocycles. The van der Waals surface area contributed by atoms with Crippen molar-refractivity contribution >= 4 is 5.69 Å².